The highest BCUT2D eigenvalue weighted by Crippen LogP contribution is 2.32. The summed E-state index contributed by atoms with van der Waals surface area (Å²) < 4.78 is 7.08. The van der Waals surface area contributed by atoms with Crippen LogP contribution in [0, 0.1) is 0 Å². The van der Waals surface area contributed by atoms with Crippen LogP contribution in [0.25, 0.3) is 16.8 Å². The number of ether oxygens (including phenoxy) is 1. The number of benzene rings is 2. The van der Waals surface area contributed by atoms with Crippen LogP contribution >= 0.6 is 0 Å². The maximum Gasteiger partial charge on any atom is 0.319 e. The van der Waals surface area contributed by atoms with Gasteiger partial charge in [-0.3, -0.25) is 4.90 Å². The summed E-state index contributed by atoms with van der Waals surface area (Å²) >= 11 is 0. The van der Waals surface area contributed by atoms with Crippen LogP contribution in [0.15, 0.2) is 85.1 Å². The van der Waals surface area contributed by atoms with Crippen LogP contribution in [0.3, 0.4) is 0 Å². The van der Waals surface area contributed by atoms with E-state index in [1.807, 2.05) is 60.8 Å². The van der Waals surface area contributed by atoms with Crippen LogP contribution in [-0.4, -0.2) is 59.9 Å². The lowest BCUT2D eigenvalue weighted by molar-refractivity contribution is 0.159. The van der Waals surface area contributed by atoms with E-state index in [-0.39, 0.29) is 18.0 Å². The predicted octanol–water partition coefficient (Wildman–Crippen LogP) is 4.24. The standard InChI is InChI=1S/C27H29N5O2/c1-34-17-16-31-18-22(20-10-4-2-5-11-20)23(19-31)28-27(33)29-26-24-14-8-9-15-32(24)30-25(26)21-12-6-3-7-13-21/h2-15,22-23H,16-19H2,1H3,(H2,28,29,33)/t22-,23?/m0/s1. The number of urea groups is 1. The molecule has 2 N–H and O–H groups in total. The number of hydrogen-bond acceptors (Lipinski definition) is 4. The number of aromatic nitrogens is 2. The number of likely N-dealkylation sites (tertiary alicyclic amines) is 1. The molecule has 34 heavy (non-hydrogen) atoms. The topological polar surface area (TPSA) is 70.9 Å². The van der Waals surface area contributed by atoms with Gasteiger partial charge in [0.05, 0.1) is 23.9 Å². The van der Waals surface area contributed by atoms with Crippen molar-refractivity contribution in [1.82, 2.24) is 19.8 Å². The summed E-state index contributed by atoms with van der Waals surface area (Å²) in [4.78, 5) is 15.6. The Balaban J connectivity index is 1.39. The highest BCUT2D eigenvalue weighted by atomic mass is 16.5. The molecule has 1 fully saturated rings. The lowest BCUT2D eigenvalue weighted by Crippen LogP contribution is -2.42. The van der Waals surface area contributed by atoms with Crippen molar-refractivity contribution in [3.8, 4) is 11.3 Å². The lowest BCUT2D eigenvalue weighted by Gasteiger charge is -2.20. The van der Waals surface area contributed by atoms with Crippen molar-refractivity contribution in [2.24, 2.45) is 0 Å². The number of pyridine rings is 1. The summed E-state index contributed by atoms with van der Waals surface area (Å²) in [6.45, 7) is 3.16. The second-order valence-electron chi connectivity index (χ2n) is 8.59. The quantitative estimate of drug-likeness (QED) is 0.437. The molecule has 2 aromatic heterocycles. The van der Waals surface area contributed by atoms with E-state index >= 15 is 0 Å². The Bertz CT molecular complexity index is 1240. The molecule has 1 unspecified atom stereocenters. The third-order valence-electron chi connectivity index (χ3n) is 6.38. The molecule has 4 aromatic rings. The van der Waals surface area contributed by atoms with Crippen LogP contribution in [0.1, 0.15) is 11.5 Å². The summed E-state index contributed by atoms with van der Waals surface area (Å²) in [5.74, 6) is 0.210. The Morgan fingerprint density at radius 2 is 1.74 bits per heavy atom. The van der Waals surface area contributed by atoms with Crippen molar-refractivity contribution in [3.05, 3.63) is 90.6 Å². The lowest BCUT2D eigenvalue weighted by atomic mass is 9.94. The second kappa shape index (κ2) is 10.1. The molecule has 2 atom stereocenters. The maximum atomic E-state index is 13.3. The van der Waals surface area contributed by atoms with Gasteiger partial charge in [-0.2, -0.15) is 5.10 Å². The summed E-state index contributed by atoms with van der Waals surface area (Å²) in [5, 5.41) is 11.1. The number of amides is 2. The average molecular weight is 456 g/mol. The normalized spacial score (nSPS) is 18.3. The molecule has 2 aromatic carbocycles. The number of fused-ring (bicyclic) bond motifs is 1. The number of anilines is 1. The first-order chi connectivity index (χ1) is 16.7. The highest BCUT2D eigenvalue weighted by Gasteiger charge is 2.34. The van der Waals surface area contributed by atoms with Crippen molar-refractivity contribution < 1.29 is 9.53 Å². The summed E-state index contributed by atoms with van der Waals surface area (Å²) in [7, 11) is 1.72. The van der Waals surface area contributed by atoms with Gasteiger partial charge in [-0.25, -0.2) is 9.31 Å². The number of carbonyl (C=O) groups excluding carboxylic acids is 1. The molecule has 0 aliphatic carbocycles. The van der Waals surface area contributed by atoms with Gasteiger partial charge in [0.1, 0.15) is 5.69 Å². The molecule has 1 aliphatic heterocycles. The van der Waals surface area contributed by atoms with Gasteiger partial charge in [-0.15, -0.1) is 0 Å². The minimum absolute atomic E-state index is 0.0127. The van der Waals surface area contributed by atoms with Crippen molar-refractivity contribution in [1.29, 1.82) is 0 Å². The molecule has 7 heteroatoms. The van der Waals surface area contributed by atoms with Gasteiger partial charge < -0.3 is 15.4 Å². The molecule has 2 amide bonds. The molecule has 3 heterocycles. The van der Waals surface area contributed by atoms with Gasteiger partial charge in [0.2, 0.25) is 0 Å². The molecular formula is C27H29N5O2. The number of nitrogens with zero attached hydrogens (tertiary/aromatic N) is 3. The fourth-order valence-corrected chi connectivity index (χ4v) is 4.71. The zero-order valence-corrected chi connectivity index (χ0v) is 19.2. The summed E-state index contributed by atoms with van der Waals surface area (Å²) in [6, 6.07) is 25.9. The molecule has 7 nitrogen and oxygen atoms in total. The third kappa shape index (κ3) is 4.66. The number of nitrogens with one attached hydrogen (secondary N) is 2. The molecule has 0 saturated carbocycles. The smallest absolute Gasteiger partial charge is 0.319 e. The number of carbonyl (C=O) groups is 1. The van der Waals surface area contributed by atoms with E-state index in [9.17, 15) is 4.79 Å². The van der Waals surface area contributed by atoms with Crippen LogP contribution in [0.4, 0.5) is 10.5 Å². The van der Waals surface area contributed by atoms with E-state index in [0.717, 1.165) is 36.4 Å². The van der Waals surface area contributed by atoms with Crippen LogP contribution in [-0.2, 0) is 4.74 Å². The zero-order chi connectivity index (χ0) is 23.3. The Labute approximate surface area is 199 Å². The van der Waals surface area contributed by atoms with Gasteiger partial charge >= 0.3 is 6.03 Å². The van der Waals surface area contributed by atoms with Gasteiger partial charge in [0.15, 0.2) is 0 Å². The van der Waals surface area contributed by atoms with Crippen LogP contribution in [0.5, 0.6) is 0 Å². The minimum Gasteiger partial charge on any atom is -0.383 e. The summed E-state index contributed by atoms with van der Waals surface area (Å²) in [5.41, 5.74) is 4.48. The fourth-order valence-electron chi connectivity index (χ4n) is 4.71. The molecule has 1 saturated heterocycles. The molecule has 0 radical (unpaired) electrons. The number of hydrogen-bond donors (Lipinski definition) is 2. The van der Waals surface area contributed by atoms with Gasteiger partial charge in [0.25, 0.3) is 0 Å². The van der Waals surface area contributed by atoms with Crippen molar-refractivity contribution >= 4 is 17.2 Å². The van der Waals surface area contributed by atoms with E-state index in [0.29, 0.717) is 12.3 Å². The highest BCUT2D eigenvalue weighted by molar-refractivity contribution is 6.00. The second-order valence-corrected chi connectivity index (χ2v) is 8.59. The zero-order valence-electron chi connectivity index (χ0n) is 19.2. The summed E-state index contributed by atoms with van der Waals surface area (Å²) in [6.07, 6.45) is 1.89. The van der Waals surface area contributed by atoms with E-state index in [1.165, 1.54) is 5.56 Å². The number of rotatable bonds is 7. The first-order valence-electron chi connectivity index (χ1n) is 11.6. The maximum absolute atomic E-state index is 13.3. The predicted molar refractivity (Wildman–Crippen MR) is 134 cm³/mol. The Morgan fingerprint density at radius 1 is 1.00 bits per heavy atom. The molecule has 174 valence electrons. The van der Waals surface area contributed by atoms with E-state index in [1.54, 1.807) is 11.6 Å². The third-order valence-corrected chi connectivity index (χ3v) is 6.38. The molecular weight excluding hydrogens is 426 g/mol. The Hall–Kier alpha value is -3.68. The molecule has 0 spiro atoms. The van der Waals surface area contributed by atoms with Crippen molar-refractivity contribution in [3.63, 3.8) is 0 Å². The Kier molecular flexibility index (Phi) is 6.56. The first-order valence-corrected chi connectivity index (χ1v) is 11.6. The van der Waals surface area contributed by atoms with Crippen LogP contribution < -0.4 is 10.6 Å². The minimum atomic E-state index is -0.226. The molecule has 1 aliphatic rings. The van der Waals surface area contributed by atoms with Gasteiger partial charge in [-0.05, 0) is 17.7 Å². The number of methoxy groups -OCH3 is 1. The van der Waals surface area contributed by atoms with Crippen LogP contribution in [0.2, 0.25) is 0 Å². The van der Waals surface area contributed by atoms with Gasteiger partial charge in [0, 0.05) is 44.4 Å². The fraction of sp³-hybridized carbons (Fsp3) is 0.259. The molecule has 5 rings (SSSR count). The van der Waals surface area contributed by atoms with Crippen molar-refractivity contribution in [2.45, 2.75) is 12.0 Å². The largest absolute Gasteiger partial charge is 0.383 e. The van der Waals surface area contributed by atoms with Gasteiger partial charge in [-0.1, -0.05) is 66.7 Å². The van der Waals surface area contributed by atoms with E-state index < -0.39 is 0 Å². The average Bonchev–Trinajstić information content (AvgIpc) is 3.45. The SMILES string of the molecule is COCCN1CC(NC(=O)Nc2c(-c3ccccc3)nn3ccccc23)[C@H](c2ccccc2)C1. The van der Waals surface area contributed by atoms with E-state index in [2.05, 4.69) is 39.8 Å². The van der Waals surface area contributed by atoms with Crippen molar-refractivity contribution in [2.75, 3.05) is 38.7 Å². The molecule has 0 bridgehead atoms. The first kappa shape index (κ1) is 22.1. The Morgan fingerprint density at radius 3 is 2.50 bits per heavy atom. The van der Waals surface area contributed by atoms with E-state index in [4.69, 9.17) is 9.84 Å². The monoisotopic (exact) mass is 455 g/mol.